The molecule has 4 rings (SSSR count). The number of benzene rings is 3. The van der Waals surface area contributed by atoms with Gasteiger partial charge in [-0.1, -0.05) is 55.3 Å². The van der Waals surface area contributed by atoms with Crippen molar-refractivity contribution in [3.63, 3.8) is 0 Å². The molecule has 1 saturated carbocycles. The van der Waals surface area contributed by atoms with Gasteiger partial charge in [0.2, 0.25) is 5.91 Å². The molecule has 1 atom stereocenters. The summed E-state index contributed by atoms with van der Waals surface area (Å²) in [5.74, 6) is -0.303. The number of hydrogen-bond donors (Lipinski definition) is 1. The summed E-state index contributed by atoms with van der Waals surface area (Å²) >= 11 is 3.58. The predicted octanol–water partition coefficient (Wildman–Crippen LogP) is 5.60. The number of ether oxygens (including phenoxy) is 1. The lowest BCUT2D eigenvalue weighted by atomic mass is 10.1. The Bertz CT molecular complexity index is 1160. The molecule has 0 radical (unpaired) electrons. The fraction of sp³-hybridized carbons (Fsp3) is 0.333. The first-order valence-corrected chi connectivity index (χ1v) is 12.4. The van der Waals surface area contributed by atoms with Gasteiger partial charge in [0.15, 0.2) is 6.61 Å². The summed E-state index contributed by atoms with van der Waals surface area (Å²) in [5.41, 5.74) is 0.738. The van der Waals surface area contributed by atoms with Gasteiger partial charge in [0, 0.05) is 12.6 Å². The van der Waals surface area contributed by atoms with Crippen LogP contribution < -0.4 is 10.1 Å². The molecule has 0 unspecified atom stereocenters. The maximum absolute atomic E-state index is 13.4. The van der Waals surface area contributed by atoms with E-state index in [-0.39, 0.29) is 36.8 Å². The van der Waals surface area contributed by atoms with Gasteiger partial charge in [0.05, 0.1) is 4.47 Å². The lowest BCUT2D eigenvalue weighted by Gasteiger charge is -2.29. The summed E-state index contributed by atoms with van der Waals surface area (Å²) in [7, 11) is 0. The summed E-state index contributed by atoms with van der Waals surface area (Å²) in [5, 5.41) is 5.12. The summed E-state index contributed by atoms with van der Waals surface area (Å²) < 4.78 is 20.0. The number of amides is 2. The monoisotopic (exact) mass is 526 g/mol. The van der Waals surface area contributed by atoms with E-state index in [2.05, 4.69) is 21.2 Å². The molecular weight excluding hydrogens is 499 g/mol. The van der Waals surface area contributed by atoms with E-state index in [9.17, 15) is 14.0 Å². The number of hydrogen-bond acceptors (Lipinski definition) is 3. The van der Waals surface area contributed by atoms with Crippen LogP contribution >= 0.6 is 15.9 Å². The van der Waals surface area contributed by atoms with Crippen molar-refractivity contribution in [1.29, 1.82) is 0 Å². The zero-order valence-corrected chi connectivity index (χ0v) is 20.7. The molecule has 34 heavy (non-hydrogen) atoms. The number of nitrogens with zero attached hydrogens (tertiary/aromatic N) is 1. The number of carbonyl (C=O) groups is 2. The topological polar surface area (TPSA) is 58.6 Å². The first-order chi connectivity index (χ1) is 16.4. The second kappa shape index (κ2) is 11.0. The van der Waals surface area contributed by atoms with Crippen LogP contribution in [0.4, 0.5) is 4.39 Å². The first kappa shape index (κ1) is 24.2. The van der Waals surface area contributed by atoms with E-state index < -0.39 is 6.04 Å². The Morgan fingerprint density at radius 3 is 2.53 bits per heavy atom. The summed E-state index contributed by atoms with van der Waals surface area (Å²) in [6.45, 7) is 1.68. The average molecular weight is 527 g/mol. The minimum absolute atomic E-state index is 0.155. The highest BCUT2D eigenvalue weighted by molar-refractivity contribution is 9.10. The third-order valence-electron chi connectivity index (χ3n) is 6.31. The molecule has 0 spiro atoms. The van der Waals surface area contributed by atoms with E-state index in [1.54, 1.807) is 19.1 Å². The van der Waals surface area contributed by atoms with Gasteiger partial charge in [-0.15, -0.1) is 0 Å². The largest absolute Gasteiger partial charge is 0.483 e. The molecule has 2 amide bonds. The van der Waals surface area contributed by atoms with E-state index in [1.165, 1.54) is 17.0 Å². The molecule has 0 heterocycles. The standard InChI is InChI=1S/C27H28BrFN2O3/c1-18(27(33)30-22-7-3-4-8-22)31(16-19-10-13-21(29)14-11-19)25(32)17-34-24-15-12-20-6-2-5-9-23(20)26(24)28/h2,5-6,9-15,18,22H,3-4,7-8,16-17H2,1H3,(H,30,33)/t18-/m1/s1. The van der Waals surface area contributed by atoms with Crippen molar-refractivity contribution in [2.24, 2.45) is 0 Å². The Balaban J connectivity index is 1.49. The highest BCUT2D eigenvalue weighted by atomic mass is 79.9. The van der Waals surface area contributed by atoms with Crippen LogP contribution in [0.5, 0.6) is 5.75 Å². The molecule has 1 aliphatic carbocycles. The Morgan fingerprint density at radius 2 is 1.79 bits per heavy atom. The van der Waals surface area contributed by atoms with Crippen molar-refractivity contribution < 1.29 is 18.7 Å². The van der Waals surface area contributed by atoms with Crippen LogP contribution in [0.2, 0.25) is 0 Å². The molecule has 3 aromatic rings. The van der Waals surface area contributed by atoms with Crippen LogP contribution in [-0.4, -0.2) is 35.4 Å². The molecule has 0 bridgehead atoms. The summed E-state index contributed by atoms with van der Waals surface area (Å²) in [4.78, 5) is 27.7. The minimum Gasteiger partial charge on any atom is -0.483 e. The molecule has 0 aromatic heterocycles. The number of halogens is 2. The molecule has 0 aliphatic heterocycles. The van der Waals surface area contributed by atoms with Gasteiger partial charge in [0.1, 0.15) is 17.6 Å². The fourth-order valence-corrected chi connectivity index (χ4v) is 4.92. The second-order valence-corrected chi connectivity index (χ2v) is 9.49. The van der Waals surface area contributed by atoms with Crippen molar-refractivity contribution in [2.45, 2.75) is 51.2 Å². The van der Waals surface area contributed by atoms with Crippen molar-refractivity contribution in [3.05, 3.63) is 76.5 Å². The van der Waals surface area contributed by atoms with Gasteiger partial charge >= 0.3 is 0 Å². The fourth-order valence-electron chi connectivity index (χ4n) is 4.31. The number of nitrogens with one attached hydrogen (secondary N) is 1. The van der Waals surface area contributed by atoms with Gasteiger partial charge in [-0.25, -0.2) is 4.39 Å². The smallest absolute Gasteiger partial charge is 0.261 e. The van der Waals surface area contributed by atoms with E-state index in [0.29, 0.717) is 5.75 Å². The van der Waals surface area contributed by atoms with Gasteiger partial charge in [-0.3, -0.25) is 9.59 Å². The quantitative estimate of drug-likeness (QED) is 0.415. The molecule has 0 saturated heterocycles. The number of carbonyl (C=O) groups excluding carboxylic acids is 2. The maximum atomic E-state index is 13.4. The molecule has 178 valence electrons. The summed E-state index contributed by atoms with van der Waals surface area (Å²) in [6, 6.07) is 17.1. The Hall–Kier alpha value is -2.93. The van der Waals surface area contributed by atoms with Crippen molar-refractivity contribution in [3.8, 4) is 5.75 Å². The lowest BCUT2D eigenvalue weighted by molar-refractivity contribution is -0.142. The van der Waals surface area contributed by atoms with Crippen molar-refractivity contribution in [2.75, 3.05) is 6.61 Å². The highest BCUT2D eigenvalue weighted by Gasteiger charge is 2.29. The SMILES string of the molecule is C[C@H](C(=O)NC1CCCC1)N(Cc1ccc(F)cc1)C(=O)COc1ccc2ccccc2c1Br. The third kappa shape index (κ3) is 5.76. The van der Waals surface area contributed by atoms with Gasteiger partial charge in [0.25, 0.3) is 5.91 Å². The first-order valence-electron chi connectivity index (χ1n) is 11.6. The molecular formula is C27H28BrFN2O3. The highest BCUT2D eigenvalue weighted by Crippen LogP contribution is 2.33. The molecule has 1 fully saturated rings. The lowest BCUT2D eigenvalue weighted by Crippen LogP contribution is -2.50. The Kier molecular flexibility index (Phi) is 7.83. The Morgan fingerprint density at radius 1 is 1.09 bits per heavy atom. The second-order valence-electron chi connectivity index (χ2n) is 8.70. The van der Waals surface area contributed by atoms with Gasteiger partial charge in [-0.05, 0) is 70.2 Å². The van der Waals surface area contributed by atoms with E-state index in [0.717, 1.165) is 46.5 Å². The van der Waals surface area contributed by atoms with Crippen LogP contribution in [0.1, 0.15) is 38.2 Å². The van der Waals surface area contributed by atoms with Gasteiger partial charge in [-0.2, -0.15) is 0 Å². The third-order valence-corrected chi connectivity index (χ3v) is 7.13. The van der Waals surface area contributed by atoms with Gasteiger partial charge < -0.3 is 15.0 Å². The van der Waals surface area contributed by atoms with E-state index in [1.807, 2.05) is 36.4 Å². The van der Waals surface area contributed by atoms with E-state index >= 15 is 0 Å². The van der Waals surface area contributed by atoms with Crippen molar-refractivity contribution in [1.82, 2.24) is 10.2 Å². The van der Waals surface area contributed by atoms with Crippen LogP contribution in [0, 0.1) is 5.82 Å². The zero-order chi connectivity index (χ0) is 24.1. The van der Waals surface area contributed by atoms with Crippen molar-refractivity contribution >= 4 is 38.5 Å². The number of fused-ring (bicyclic) bond motifs is 1. The molecule has 7 heteroatoms. The normalized spacial score (nSPS) is 14.7. The summed E-state index contributed by atoms with van der Waals surface area (Å²) in [6.07, 6.45) is 4.13. The minimum atomic E-state index is -0.693. The average Bonchev–Trinajstić information content (AvgIpc) is 3.36. The molecule has 1 N–H and O–H groups in total. The van der Waals surface area contributed by atoms with Crippen LogP contribution in [0.3, 0.4) is 0 Å². The molecule has 5 nitrogen and oxygen atoms in total. The van der Waals surface area contributed by atoms with E-state index in [4.69, 9.17) is 4.74 Å². The predicted molar refractivity (Wildman–Crippen MR) is 134 cm³/mol. The van der Waals surface area contributed by atoms with Crippen LogP contribution in [0.15, 0.2) is 65.1 Å². The Labute approximate surface area is 207 Å². The maximum Gasteiger partial charge on any atom is 0.261 e. The molecule has 3 aromatic carbocycles. The molecule has 1 aliphatic rings. The van der Waals surface area contributed by atoms with Crippen LogP contribution in [0.25, 0.3) is 10.8 Å². The van der Waals surface area contributed by atoms with Crippen LogP contribution in [-0.2, 0) is 16.1 Å². The zero-order valence-electron chi connectivity index (χ0n) is 19.1. The number of rotatable bonds is 8.